The number of hydrogen-bond donors (Lipinski definition) is 0. The van der Waals surface area contributed by atoms with E-state index in [4.69, 9.17) is 0 Å². The topological polar surface area (TPSA) is 47.4 Å². The van der Waals surface area contributed by atoms with Crippen LogP contribution in [0.4, 0.5) is 13.2 Å². The lowest BCUT2D eigenvalue weighted by Crippen LogP contribution is -2.38. The molecule has 116 valence electrons. The Bertz CT molecular complexity index is 679. The van der Waals surface area contributed by atoms with Gasteiger partial charge in [0.2, 0.25) is 0 Å². The minimum Gasteiger partial charge on any atom is -0.406 e. The predicted molar refractivity (Wildman–Crippen MR) is 70.1 cm³/mol. The van der Waals surface area contributed by atoms with Crippen molar-refractivity contribution in [2.24, 2.45) is 0 Å². The van der Waals surface area contributed by atoms with Crippen molar-refractivity contribution in [3.63, 3.8) is 0 Å². The van der Waals surface area contributed by atoms with Crippen LogP contribution < -0.4 is 4.74 Å². The van der Waals surface area contributed by atoms with Crippen molar-refractivity contribution in [2.45, 2.75) is 19.5 Å². The highest BCUT2D eigenvalue weighted by Crippen LogP contribution is 2.23. The third-order valence-corrected chi connectivity index (χ3v) is 3.36. The van der Waals surface area contributed by atoms with Gasteiger partial charge in [0.25, 0.3) is 5.91 Å². The maximum Gasteiger partial charge on any atom is 0.573 e. The van der Waals surface area contributed by atoms with E-state index in [2.05, 4.69) is 9.84 Å². The fraction of sp³-hybridized carbons (Fsp3) is 0.286. The zero-order valence-electron chi connectivity index (χ0n) is 11.4. The second-order valence-corrected chi connectivity index (χ2v) is 4.84. The van der Waals surface area contributed by atoms with Crippen molar-refractivity contribution in [3.05, 3.63) is 47.8 Å². The molecule has 8 heteroatoms. The Morgan fingerprint density at radius 2 is 1.86 bits per heavy atom. The van der Waals surface area contributed by atoms with Crippen molar-refractivity contribution in [1.82, 2.24) is 14.7 Å². The van der Waals surface area contributed by atoms with Gasteiger partial charge in [0, 0.05) is 18.3 Å². The number of halogens is 3. The van der Waals surface area contributed by atoms with E-state index in [1.807, 2.05) is 10.7 Å². The van der Waals surface area contributed by atoms with Gasteiger partial charge < -0.3 is 9.64 Å². The van der Waals surface area contributed by atoms with Crippen LogP contribution in [0, 0.1) is 0 Å². The summed E-state index contributed by atoms with van der Waals surface area (Å²) in [6, 6.07) is 6.76. The Labute approximate surface area is 123 Å². The lowest BCUT2D eigenvalue weighted by atomic mass is 10.1. The fourth-order valence-corrected chi connectivity index (χ4v) is 2.34. The minimum absolute atomic E-state index is 0.231. The summed E-state index contributed by atoms with van der Waals surface area (Å²) < 4.78 is 41.9. The number of rotatable bonds is 2. The molecule has 5 nitrogen and oxygen atoms in total. The predicted octanol–water partition coefficient (Wildman–Crippen LogP) is 2.44. The van der Waals surface area contributed by atoms with E-state index in [9.17, 15) is 18.0 Å². The Balaban J connectivity index is 1.71. The molecule has 0 spiro atoms. The first-order chi connectivity index (χ1) is 10.4. The lowest BCUT2D eigenvalue weighted by molar-refractivity contribution is -0.274. The van der Waals surface area contributed by atoms with Gasteiger partial charge in [-0.15, -0.1) is 13.2 Å². The van der Waals surface area contributed by atoms with Gasteiger partial charge in [-0.3, -0.25) is 9.48 Å². The molecule has 3 rings (SSSR count). The van der Waals surface area contributed by atoms with E-state index in [0.717, 1.165) is 17.8 Å². The van der Waals surface area contributed by atoms with Crippen molar-refractivity contribution in [2.75, 3.05) is 6.54 Å². The molecule has 22 heavy (non-hydrogen) atoms. The number of hydrogen-bond acceptors (Lipinski definition) is 3. The molecule has 0 fully saturated rings. The summed E-state index contributed by atoms with van der Waals surface area (Å²) in [5.41, 5.74) is 1.25. The van der Waals surface area contributed by atoms with Crippen LogP contribution in [0.3, 0.4) is 0 Å². The molecule has 1 aliphatic heterocycles. The van der Waals surface area contributed by atoms with E-state index < -0.39 is 6.36 Å². The molecular weight excluding hydrogens is 299 g/mol. The number of nitrogens with zero attached hydrogens (tertiary/aromatic N) is 3. The molecule has 2 heterocycles. The van der Waals surface area contributed by atoms with E-state index in [1.54, 1.807) is 11.1 Å². The quantitative estimate of drug-likeness (QED) is 0.856. The Morgan fingerprint density at radius 1 is 1.14 bits per heavy atom. The van der Waals surface area contributed by atoms with Gasteiger partial charge >= 0.3 is 6.36 Å². The van der Waals surface area contributed by atoms with Gasteiger partial charge in [-0.25, -0.2) is 0 Å². The van der Waals surface area contributed by atoms with Crippen molar-refractivity contribution in [3.8, 4) is 5.75 Å². The third kappa shape index (κ3) is 3.05. The van der Waals surface area contributed by atoms with Crippen LogP contribution in [0.1, 0.15) is 16.1 Å². The van der Waals surface area contributed by atoms with Crippen LogP contribution >= 0.6 is 0 Å². The summed E-state index contributed by atoms with van der Waals surface area (Å²) in [5.74, 6) is -0.577. The number of carbonyl (C=O) groups excluding carboxylic acids is 1. The average molecular weight is 311 g/mol. The molecule has 0 radical (unpaired) electrons. The summed E-state index contributed by atoms with van der Waals surface area (Å²) in [6.07, 6.45) is -3.07. The van der Waals surface area contributed by atoms with Gasteiger partial charge in [0.15, 0.2) is 0 Å². The van der Waals surface area contributed by atoms with E-state index in [-0.39, 0.29) is 11.7 Å². The molecule has 1 aliphatic rings. The Hall–Kier alpha value is -2.51. The van der Waals surface area contributed by atoms with Crippen LogP contribution in [0.5, 0.6) is 5.75 Å². The van der Waals surface area contributed by atoms with Crippen molar-refractivity contribution in [1.29, 1.82) is 0 Å². The summed E-state index contributed by atoms with van der Waals surface area (Å²) >= 11 is 0. The minimum atomic E-state index is -4.74. The Morgan fingerprint density at radius 3 is 2.55 bits per heavy atom. The highest BCUT2D eigenvalue weighted by Gasteiger charge is 2.31. The van der Waals surface area contributed by atoms with E-state index in [0.29, 0.717) is 25.2 Å². The number of amides is 1. The largest absolute Gasteiger partial charge is 0.573 e. The number of benzene rings is 1. The zero-order valence-corrected chi connectivity index (χ0v) is 11.4. The second kappa shape index (κ2) is 5.36. The summed E-state index contributed by atoms with van der Waals surface area (Å²) in [7, 11) is 0. The van der Waals surface area contributed by atoms with Crippen LogP contribution in [0.25, 0.3) is 0 Å². The highest BCUT2D eigenvalue weighted by molar-refractivity contribution is 5.94. The molecule has 0 saturated heterocycles. The van der Waals surface area contributed by atoms with Gasteiger partial charge in [-0.1, -0.05) is 0 Å². The molecule has 2 aromatic rings. The molecule has 0 atom stereocenters. The SMILES string of the molecule is O=C(c1ccc(OC(F)(F)F)cc1)N1CCn2nccc2C1. The standard InChI is InChI=1S/C14H12F3N3O2/c15-14(16,17)22-12-3-1-10(2-4-12)13(21)19-7-8-20-11(9-19)5-6-18-20/h1-6H,7-9H2. The normalized spacial score (nSPS) is 14.6. The van der Waals surface area contributed by atoms with Gasteiger partial charge in [0.1, 0.15) is 5.75 Å². The molecular formula is C14H12F3N3O2. The molecule has 0 aliphatic carbocycles. The maximum absolute atomic E-state index is 12.4. The smallest absolute Gasteiger partial charge is 0.406 e. The molecule has 0 N–H and O–H groups in total. The summed E-state index contributed by atoms with van der Waals surface area (Å²) in [5, 5.41) is 4.12. The first-order valence-electron chi connectivity index (χ1n) is 6.58. The summed E-state index contributed by atoms with van der Waals surface area (Å²) in [6.45, 7) is 1.54. The number of alkyl halides is 3. The monoisotopic (exact) mass is 311 g/mol. The van der Waals surface area contributed by atoms with E-state index in [1.165, 1.54) is 12.1 Å². The highest BCUT2D eigenvalue weighted by atomic mass is 19.4. The molecule has 0 saturated carbocycles. The van der Waals surface area contributed by atoms with Crippen LogP contribution in [0.2, 0.25) is 0 Å². The summed E-state index contributed by atoms with van der Waals surface area (Å²) in [4.78, 5) is 14.0. The number of carbonyl (C=O) groups is 1. The van der Waals surface area contributed by atoms with Crippen LogP contribution in [-0.4, -0.2) is 33.5 Å². The Kier molecular flexibility index (Phi) is 3.51. The molecule has 0 unspecified atom stereocenters. The van der Waals surface area contributed by atoms with Gasteiger partial charge in [0.05, 0.1) is 18.8 Å². The molecule has 0 bridgehead atoms. The zero-order chi connectivity index (χ0) is 15.7. The number of aromatic nitrogens is 2. The third-order valence-electron chi connectivity index (χ3n) is 3.36. The fourth-order valence-electron chi connectivity index (χ4n) is 2.34. The van der Waals surface area contributed by atoms with Crippen molar-refractivity contribution >= 4 is 5.91 Å². The first kappa shape index (κ1) is 14.4. The number of fused-ring (bicyclic) bond motifs is 1. The van der Waals surface area contributed by atoms with E-state index >= 15 is 0 Å². The first-order valence-corrected chi connectivity index (χ1v) is 6.58. The lowest BCUT2D eigenvalue weighted by Gasteiger charge is -2.27. The second-order valence-electron chi connectivity index (χ2n) is 4.84. The van der Waals surface area contributed by atoms with Crippen LogP contribution in [0.15, 0.2) is 36.5 Å². The number of ether oxygens (including phenoxy) is 1. The molecule has 1 aromatic heterocycles. The molecule has 1 aromatic carbocycles. The van der Waals surface area contributed by atoms with Crippen LogP contribution in [-0.2, 0) is 13.1 Å². The van der Waals surface area contributed by atoms with Crippen molar-refractivity contribution < 1.29 is 22.7 Å². The molecule has 1 amide bonds. The maximum atomic E-state index is 12.4. The average Bonchev–Trinajstić information content (AvgIpc) is 2.93. The van der Waals surface area contributed by atoms with Gasteiger partial charge in [-0.2, -0.15) is 5.10 Å². The van der Waals surface area contributed by atoms with Gasteiger partial charge in [-0.05, 0) is 30.3 Å².